The van der Waals surface area contributed by atoms with Gasteiger partial charge in [0.2, 0.25) is 0 Å². The summed E-state index contributed by atoms with van der Waals surface area (Å²) in [5, 5.41) is 0. The Morgan fingerprint density at radius 1 is 0.404 bits per heavy atom. The highest BCUT2D eigenvalue weighted by atomic mass is 32.2. The van der Waals surface area contributed by atoms with Crippen molar-refractivity contribution in [1.29, 1.82) is 0 Å². The van der Waals surface area contributed by atoms with Crippen LogP contribution >= 0.6 is 11.8 Å². The molecule has 1 spiro atoms. The minimum Gasteiger partial charge on any atom is -0.256 e. The van der Waals surface area contributed by atoms with Gasteiger partial charge in [0.25, 0.3) is 0 Å². The third-order valence-electron chi connectivity index (χ3n) is 10.3. The number of hydrogen-bond acceptors (Lipinski definition) is 2. The van der Waals surface area contributed by atoms with E-state index in [1.807, 2.05) is 30.1 Å². The van der Waals surface area contributed by atoms with Crippen molar-refractivity contribution in [1.82, 2.24) is 4.98 Å². The third-order valence-corrected chi connectivity index (χ3v) is 11.4. The van der Waals surface area contributed by atoms with E-state index in [0.717, 1.165) is 11.3 Å². The summed E-state index contributed by atoms with van der Waals surface area (Å²) in [6.45, 7) is 4.76. The van der Waals surface area contributed by atoms with Crippen LogP contribution in [0.4, 0.5) is 0 Å². The van der Waals surface area contributed by atoms with Crippen LogP contribution in [0.15, 0.2) is 174 Å². The van der Waals surface area contributed by atoms with Gasteiger partial charge in [0.1, 0.15) is 0 Å². The summed E-state index contributed by atoms with van der Waals surface area (Å²) in [5.41, 5.74) is 14.8. The number of rotatable bonds is 3. The molecule has 2 aliphatic rings. The van der Waals surface area contributed by atoms with Crippen LogP contribution in [0.2, 0.25) is 0 Å². The van der Waals surface area contributed by atoms with Crippen LogP contribution in [-0.2, 0) is 10.8 Å². The Balaban J connectivity index is 1.20. The number of nitrogens with zero attached hydrogens (tertiary/aromatic N) is 1. The third kappa shape index (κ3) is 4.21. The number of hydrogen-bond donors (Lipinski definition) is 0. The second-order valence-corrected chi connectivity index (χ2v) is 14.2. The molecular formula is C45H33NS. The Morgan fingerprint density at radius 2 is 0.936 bits per heavy atom. The van der Waals surface area contributed by atoms with E-state index in [4.69, 9.17) is 0 Å². The lowest BCUT2D eigenvalue weighted by Gasteiger charge is -2.50. The Kier molecular flexibility index (Phi) is 6.38. The van der Waals surface area contributed by atoms with E-state index >= 15 is 0 Å². The molecule has 0 saturated carbocycles. The quantitative estimate of drug-likeness (QED) is 0.195. The molecule has 0 unspecified atom stereocenters. The Hall–Kier alpha value is -5.18. The van der Waals surface area contributed by atoms with Crippen molar-refractivity contribution in [2.24, 2.45) is 0 Å². The summed E-state index contributed by atoms with van der Waals surface area (Å²) in [6.07, 6.45) is 1.84. The first-order chi connectivity index (χ1) is 23.0. The van der Waals surface area contributed by atoms with Crippen LogP contribution in [0.25, 0.3) is 33.5 Å². The molecule has 0 bridgehead atoms. The minimum atomic E-state index is -0.393. The predicted molar refractivity (Wildman–Crippen MR) is 195 cm³/mol. The van der Waals surface area contributed by atoms with Crippen molar-refractivity contribution in [3.8, 4) is 33.5 Å². The number of aromatic nitrogens is 1. The van der Waals surface area contributed by atoms with Gasteiger partial charge >= 0.3 is 0 Å². The predicted octanol–water partition coefficient (Wildman–Crippen LogP) is 11.6. The van der Waals surface area contributed by atoms with Gasteiger partial charge < -0.3 is 0 Å². The second-order valence-electron chi connectivity index (χ2n) is 13.1. The highest BCUT2D eigenvalue weighted by Gasteiger charge is 2.51. The zero-order chi connectivity index (χ0) is 31.6. The fraction of sp³-hybridized carbons (Fsp3) is 0.0889. The Bertz CT molecular complexity index is 2250. The van der Waals surface area contributed by atoms with E-state index in [2.05, 4.69) is 164 Å². The van der Waals surface area contributed by atoms with Gasteiger partial charge in [0, 0.05) is 27.0 Å². The topological polar surface area (TPSA) is 12.9 Å². The minimum absolute atomic E-state index is 0.103. The SMILES string of the molecule is CC1(C)c2ccccc2C2(c3ccccc3Sc3cc(-c4cccc(-c5ccc(-c6ccccn6)cc5)c4)ccc32)c2ccccc21. The average molecular weight is 620 g/mol. The van der Waals surface area contributed by atoms with Crippen molar-refractivity contribution in [3.05, 3.63) is 197 Å². The summed E-state index contributed by atoms with van der Waals surface area (Å²) < 4.78 is 0. The first kappa shape index (κ1) is 28.1. The molecule has 7 aromatic rings. The lowest BCUT2D eigenvalue weighted by molar-refractivity contribution is 0.549. The van der Waals surface area contributed by atoms with Crippen molar-refractivity contribution in [2.45, 2.75) is 34.5 Å². The molecule has 0 N–H and O–H groups in total. The molecule has 0 atom stereocenters. The molecule has 1 aromatic heterocycles. The molecule has 2 heterocycles. The maximum atomic E-state index is 4.52. The first-order valence-electron chi connectivity index (χ1n) is 16.3. The standard InChI is InChI=1S/C45H33NS/c1-44(2)35-14-3-5-16-37(35)45(38-17-6-4-15-36(38)44)39-18-7-8-20-42(39)47-43-29-34(25-26-40(43)45)33-13-11-12-32(28-33)30-21-23-31(24-22-30)41-19-9-10-27-46-41/h3-29H,1-2H3. The number of fused-ring (bicyclic) bond motifs is 8. The van der Waals surface area contributed by atoms with Crippen LogP contribution in [-0.4, -0.2) is 4.98 Å². The highest BCUT2D eigenvalue weighted by Crippen LogP contribution is 2.61. The summed E-state index contributed by atoms with van der Waals surface area (Å²) in [7, 11) is 0. The molecule has 0 saturated heterocycles. The molecule has 0 radical (unpaired) electrons. The molecule has 224 valence electrons. The van der Waals surface area contributed by atoms with Crippen molar-refractivity contribution in [2.75, 3.05) is 0 Å². The molecule has 2 heteroatoms. The normalized spacial score (nSPS) is 14.9. The summed E-state index contributed by atoms with van der Waals surface area (Å²) in [5.74, 6) is 0. The maximum absolute atomic E-state index is 4.52. The van der Waals surface area contributed by atoms with Crippen LogP contribution in [0.3, 0.4) is 0 Å². The summed E-state index contributed by atoms with van der Waals surface area (Å²) in [6, 6.07) is 58.2. The number of benzene rings is 6. The molecule has 47 heavy (non-hydrogen) atoms. The number of pyridine rings is 1. The van der Waals surface area contributed by atoms with Crippen molar-refractivity contribution >= 4 is 11.8 Å². The fourth-order valence-corrected chi connectivity index (χ4v) is 9.28. The maximum Gasteiger partial charge on any atom is 0.0729 e. The smallest absolute Gasteiger partial charge is 0.0729 e. The highest BCUT2D eigenvalue weighted by molar-refractivity contribution is 7.99. The van der Waals surface area contributed by atoms with Crippen molar-refractivity contribution < 1.29 is 0 Å². The monoisotopic (exact) mass is 619 g/mol. The molecule has 0 amide bonds. The van der Waals surface area contributed by atoms with Gasteiger partial charge in [-0.25, -0.2) is 0 Å². The Labute approximate surface area is 281 Å². The largest absolute Gasteiger partial charge is 0.256 e. The zero-order valence-electron chi connectivity index (χ0n) is 26.4. The van der Waals surface area contributed by atoms with Crippen LogP contribution in [0, 0.1) is 0 Å². The van der Waals surface area contributed by atoms with E-state index in [1.54, 1.807) is 0 Å². The van der Waals surface area contributed by atoms with Crippen LogP contribution in [0.5, 0.6) is 0 Å². The van der Waals surface area contributed by atoms with Gasteiger partial charge in [-0.3, -0.25) is 4.98 Å². The molecule has 6 aromatic carbocycles. The molecule has 9 rings (SSSR count). The Morgan fingerprint density at radius 3 is 1.62 bits per heavy atom. The van der Waals surface area contributed by atoms with E-state index in [-0.39, 0.29) is 5.41 Å². The molecular weight excluding hydrogens is 587 g/mol. The van der Waals surface area contributed by atoms with Crippen LogP contribution in [0.1, 0.15) is 47.2 Å². The lowest BCUT2D eigenvalue weighted by Crippen LogP contribution is -2.43. The first-order valence-corrected chi connectivity index (χ1v) is 17.1. The molecule has 1 aliphatic carbocycles. The van der Waals surface area contributed by atoms with Gasteiger partial charge in [0.15, 0.2) is 0 Å². The fourth-order valence-electron chi connectivity index (χ4n) is 8.05. The van der Waals surface area contributed by atoms with E-state index in [0.29, 0.717) is 0 Å². The zero-order valence-corrected chi connectivity index (χ0v) is 27.3. The van der Waals surface area contributed by atoms with Gasteiger partial charge in [-0.05, 0) is 86.0 Å². The lowest BCUT2D eigenvalue weighted by atomic mass is 9.54. The van der Waals surface area contributed by atoms with Gasteiger partial charge in [-0.2, -0.15) is 0 Å². The van der Waals surface area contributed by atoms with E-state index in [1.165, 1.54) is 65.4 Å². The van der Waals surface area contributed by atoms with Crippen molar-refractivity contribution in [3.63, 3.8) is 0 Å². The summed E-state index contributed by atoms with van der Waals surface area (Å²) >= 11 is 1.90. The van der Waals surface area contributed by atoms with Gasteiger partial charge in [-0.1, -0.05) is 153 Å². The molecule has 1 nitrogen and oxygen atoms in total. The van der Waals surface area contributed by atoms with Gasteiger partial charge in [0.05, 0.1) is 11.1 Å². The average Bonchev–Trinajstić information content (AvgIpc) is 3.14. The van der Waals surface area contributed by atoms with E-state index in [9.17, 15) is 0 Å². The van der Waals surface area contributed by atoms with Gasteiger partial charge in [-0.15, -0.1) is 0 Å². The summed E-state index contributed by atoms with van der Waals surface area (Å²) in [4.78, 5) is 7.15. The second kappa shape index (κ2) is 10.7. The van der Waals surface area contributed by atoms with E-state index < -0.39 is 5.41 Å². The molecule has 1 aliphatic heterocycles. The van der Waals surface area contributed by atoms with Crippen LogP contribution < -0.4 is 0 Å². The molecule has 0 fully saturated rings.